The largest absolute Gasteiger partial charge is 0.255 e. The van der Waals surface area contributed by atoms with Crippen LogP contribution in [0.3, 0.4) is 0 Å². The smallest absolute Gasteiger partial charge is 0.0633 e. The Morgan fingerprint density at radius 3 is 1.18 bits per heavy atom. The number of hydrogen-bond acceptors (Lipinski definition) is 2. The Labute approximate surface area is 213 Å². The molecule has 0 bridgehead atoms. The summed E-state index contributed by atoms with van der Waals surface area (Å²) in [5.41, 5.74) is 7.99. The van der Waals surface area contributed by atoms with Crippen molar-refractivity contribution in [3.63, 3.8) is 0 Å². The van der Waals surface area contributed by atoms with Crippen LogP contribution in [0.1, 0.15) is 101 Å². The third-order valence-corrected chi connectivity index (χ3v) is 6.09. The molecule has 0 saturated carbocycles. The van der Waals surface area contributed by atoms with Crippen molar-refractivity contribution in [1.82, 2.24) is 0 Å². The topological polar surface area (TPSA) is 24.7 Å². The molecule has 184 valence electrons. The van der Waals surface area contributed by atoms with Gasteiger partial charge in [0, 0.05) is 28.9 Å². The molecule has 0 amide bonds. The molecule has 0 aliphatic rings. The predicted octanol–water partition coefficient (Wildman–Crippen LogP) is 9.16. The molecular formula is C30H44N2Ni. The van der Waals surface area contributed by atoms with E-state index in [0.29, 0.717) is 0 Å². The quantitative estimate of drug-likeness (QED) is 0.175. The van der Waals surface area contributed by atoms with E-state index in [1.54, 1.807) is 0 Å². The third kappa shape index (κ3) is 10.8. The van der Waals surface area contributed by atoms with Crippen LogP contribution < -0.4 is 0 Å². The molecule has 0 unspecified atom stereocenters. The predicted molar refractivity (Wildman–Crippen MR) is 144 cm³/mol. The van der Waals surface area contributed by atoms with Crippen molar-refractivity contribution in [2.75, 3.05) is 0 Å². The van der Waals surface area contributed by atoms with E-state index < -0.39 is 0 Å². The van der Waals surface area contributed by atoms with E-state index in [2.05, 4.69) is 74.1 Å². The molecule has 0 N–H and O–H groups in total. The minimum Gasteiger partial charge on any atom is -0.255 e. The first-order chi connectivity index (χ1) is 15.7. The van der Waals surface area contributed by atoms with Crippen molar-refractivity contribution in [2.45, 2.75) is 105 Å². The maximum atomic E-state index is 4.67. The van der Waals surface area contributed by atoms with E-state index in [4.69, 9.17) is 0 Å². The van der Waals surface area contributed by atoms with Gasteiger partial charge in [-0.3, -0.25) is 9.98 Å². The van der Waals surface area contributed by atoms with Crippen LogP contribution in [0.4, 0.5) is 11.4 Å². The SMILES string of the molecule is CCCCc1ccc(N=CC=Nc2ccc(CCCC)c(CCCC)c2)cc1CCCC.[Ni]. The Balaban J connectivity index is 0.00000544. The fraction of sp³-hybridized carbons (Fsp3) is 0.533. The van der Waals surface area contributed by atoms with Crippen molar-refractivity contribution >= 4 is 23.8 Å². The van der Waals surface area contributed by atoms with Crippen molar-refractivity contribution in [3.05, 3.63) is 58.7 Å². The van der Waals surface area contributed by atoms with Crippen LogP contribution >= 0.6 is 0 Å². The van der Waals surface area contributed by atoms with E-state index in [9.17, 15) is 0 Å². The molecule has 0 aromatic heterocycles. The standard InChI is InChI=1S/C30H44N2.Ni/c1-5-9-13-25-17-19-29(23-27(25)15-11-7-3)31-21-22-32-30-20-18-26(14-10-6-2)28(24-30)16-12-8-4;/h17-24H,5-16H2,1-4H3;. The summed E-state index contributed by atoms with van der Waals surface area (Å²) in [5.74, 6) is 0. The van der Waals surface area contributed by atoms with E-state index in [1.807, 2.05) is 12.4 Å². The van der Waals surface area contributed by atoms with Crippen molar-refractivity contribution < 1.29 is 16.5 Å². The van der Waals surface area contributed by atoms with Crippen LogP contribution in [0.25, 0.3) is 0 Å². The van der Waals surface area contributed by atoms with Crippen molar-refractivity contribution in [2.24, 2.45) is 9.98 Å². The van der Waals surface area contributed by atoms with E-state index in [-0.39, 0.29) is 16.5 Å². The Morgan fingerprint density at radius 1 is 0.515 bits per heavy atom. The summed E-state index contributed by atoms with van der Waals surface area (Å²) < 4.78 is 0. The second-order valence-corrected chi connectivity index (χ2v) is 8.88. The second kappa shape index (κ2) is 17.7. The molecule has 0 aliphatic heterocycles. The summed E-state index contributed by atoms with van der Waals surface area (Å²) in [6, 6.07) is 13.4. The molecule has 2 nitrogen and oxygen atoms in total. The van der Waals surface area contributed by atoms with Crippen LogP contribution in [-0.2, 0) is 42.2 Å². The summed E-state index contributed by atoms with van der Waals surface area (Å²) in [6.45, 7) is 9.03. The minimum atomic E-state index is 0. The molecular weight excluding hydrogens is 447 g/mol. The van der Waals surface area contributed by atoms with Crippen LogP contribution in [0.5, 0.6) is 0 Å². The average Bonchev–Trinajstić information content (AvgIpc) is 2.82. The zero-order chi connectivity index (χ0) is 23.0. The van der Waals surface area contributed by atoms with Gasteiger partial charge in [0.25, 0.3) is 0 Å². The number of unbranched alkanes of at least 4 members (excludes halogenated alkanes) is 4. The first-order valence-corrected chi connectivity index (χ1v) is 13.0. The van der Waals surface area contributed by atoms with Crippen LogP contribution in [0.15, 0.2) is 46.4 Å². The number of nitrogens with zero attached hydrogens (tertiary/aromatic N) is 2. The Bertz CT molecular complexity index is 783. The van der Waals surface area contributed by atoms with Gasteiger partial charge in [0.15, 0.2) is 0 Å². The van der Waals surface area contributed by atoms with Crippen molar-refractivity contribution in [3.8, 4) is 0 Å². The van der Waals surface area contributed by atoms with Gasteiger partial charge in [-0.2, -0.15) is 0 Å². The summed E-state index contributed by atoms with van der Waals surface area (Å²) >= 11 is 0. The van der Waals surface area contributed by atoms with Gasteiger partial charge in [-0.25, -0.2) is 0 Å². The molecule has 0 radical (unpaired) electrons. The summed E-state index contributed by atoms with van der Waals surface area (Å²) in [6.07, 6.45) is 18.2. The van der Waals surface area contributed by atoms with Gasteiger partial charge in [0.05, 0.1) is 11.4 Å². The number of rotatable bonds is 15. The first-order valence-electron chi connectivity index (χ1n) is 13.0. The van der Waals surface area contributed by atoms with Crippen LogP contribution in [0.2, 0.25) is 0 Å². The molecule has 2 aromatic rings. The molecule has 0 aliphatic carbocycles. The van der Waals surface area contributed by atoms with Gasteiger partial charge in [0.1, 0.15) is 0 Å². The fourth-order valence-corrected chi connectivity index (χ4v) is 4.05. The Morgan fingerprint density at radius 2 is 0.848 bits per heavy atom. The molecule has 0 fully saturated rings. The van der Waals surface area contributed by atoms with Gasteiger partial charge in [-0.15, -0.1) is 0 Å². The van der Waals surface area contributed by atoms with Gasteiger partial charge in [-0.05, 0) is 97.9 Å². The zero-order valence-corrected chi connectivity index (χ0v) is 22.3. The maximum Gasteiger partial charge on any atom is 0.0633 e. The maximum absolute atomic E-state index is 4.67. The number of aliphatic imine (C=N–C) groups is 2. The molecule has 2 aromatic carbocycles. The van der Waals surface area contributed by atoms with Gasteiger partial charge in [0.2, 0.25) is 0 Å². The number of hydrogen-bond donors (Lipinski definition) is 0. The molecule has 0 saturated heterocycles. The molecule has 0 heterocycles. The van der Waals surface area contributed by atoms with Crippen molar-refractivity contribution in [1.29, 1.82) is 0 Å². The van der Waals surface area contributed by atoms with Gasteiger partial charge in [-0.1, -0.05) is 65.5 Å². The average molecular weight is 491 g/mol. The molecule has 3 heteroatoms. The van der Waals surface area contributed by atoms with E-state index in [1.165, 1.54) is 86.5 Å². The minimum absolute atomic E-state index is 0. The first kappa shape index (κ1) is 29.3. The fourth-order valence-electron chi connectivity index (χ4n) is 4.05. The molecule has 0 spiro atoms. The molecule has 2 rings (SSSR count). The van der Waals surface area contributed by atoms with Crippen LogP contribution in [0, 0.1) is 0 Å². The Hall–Kier alpha value is -1.73. The molecule has 0 atom stereocenters. The van der Waals surface area contributed by atoms with Gasteiger partial charge < -0.3 is 0 Å². The number of aryl methyl sites for hydroxylation is 4. The summed E-state index contributed by atoms with van der Waals surface area (Å²) in [4.78, 5) is 9.33. The zero-order valence-electron chi connectivity index (χ0n) is 21.3. The monoisotopic (exact) mass is 490 g/mol. The van der Waals surface area contributed by atoms with Gasteiger partial charge >= 0.3 is 0 Å². The third-order valence-electron chi connectivity index (χ3n) is 6.09. The summed E-state index contributed by atoms with van der Waals surface area (Å²) in [5, 5.41) is 0. The molecule has 33 heavy (non-hydrogen) atoms. The second-order valence-electron chi connectivity index (χ2n) is 8.88. The Kier molecular flexibility index (Phi) is 15.7. The van der Waals surface area contributed by atoms with E-state index >= 15 is 0 Å². The van der Waals surface area contributed by atoms with E-state index in [0.717, 1.165) is 24.2 Å². The summed E-state index contributed by atoms with van der Waals surface area (Å²) in [7, 11) is 0. The van der Waals surface area contributed by atoms with Crippen LogP contribution in [-0.4, -0.2) is 12.4 Å². The normalized spacial score (nSPS) is 11.4. The number of benzene rings is 2.